The summed E-state index contributed by atoms with van der Waals surface area (Å²) >= 11 is 4.67. The summed E-state index contributed by atoms with van der Waals surface area (Å²) in [7, 11) is 0. The van der Waals surface area contributed by atoms with Crippen LogP contribution in [-0.4, -0.2) is 52.0 Å². The number of ether oxygens (including phenoxy) is 3. The fourth-order valence-corrected chi connectivity index (χ4v) is 6.41. The molecular formula is C42H49N3O3S3. The zero-order valence-electron chi connectivity index (χ0n) is 28.7. The molecule has 0 amide bonds. The molecule has 0 bridgehead atoms. The zero-order valence-corrected chi connectivity index (χ0v) is 31.1. The molecule has 0 N–H and O–H groups in total. The molecule has 51 heavy (non-hydrogen) atoms. The smallest absolute Gasteiger partial charge is 0.192 e. The molecule has 1 heterocycles. The van der Waals surface area contributed by atoms with Crippen LogP contribution in [0.25, 0.3) is 0 Å². The van der Waals surface area contributed by atoms with Crippen LogP contribution in [0.2, 0.25) is 0 Å². The van der Waals surface area contributed by atoms with Crippen LogP contribution in [0, 0.1) is 0 Å². The van der Waals surface area contributed by atoms with Gasteiger partial charge in [0.2, 0.25) is 0 Å². The first kappa shape index (κ1) is 42.7. The largest absolute Gasteiger partial charge is 0.490 e. The molecular weight excluding hydrogens is 691 g/mol. The molecule has 4 aromatic rings. The molecule has 0 radical (unpaired) electrons. The Kier molecular flexibility index (Phi) is 20.0. The molecule has 0 atom stereocenters. The third-order valence-electron chi connectivity index (χ3n) is 6.96. The molecule has 0 aliphatic rings. The van der Waals surface area contributed by atoms with Gasteiger partial charge in [0.05, 0.1) is 0 Å². The summed E-state index contributed by atoms with van der Waals surface area (Å²) in [6.45, 7) is 25.9. The quantitative estimate of drug-likeness (QED) is 0.0472. The molecule has 4 rings (SSSR count). The van der Waals surface area contributed by atoms with Crippen molar-refractivity contribution >= 4 is 35.3 Å². The lowest BCUT2D eigenvalue weighted by Gasteiger charge is -2.32. The number of hydrogen-bond acceptors (Lipinski definition) is 9. The van der Waals surface area contributed by atoms with Crippen molar-refractivity contribution in [3.63, 3.8) is 0 Å². The first-order valence-corrected chi connectivity index (χ1v) is 18.9. The maximum absolute atomic E-state index is 5.67. The Hall–Kier alpha value is -4.44. The summed E-state index contributed by atoms with van der Waals surface area (Å²) < 4.78 is 17.0. The maximum Gasteiger partial charge on any atom is 0.192 e. The SMILES string of the molecule is C.C=CCOc1ccc(C(C)(c2ccc(OCC=C)cc2)c2ccc(OCC=C)cc2)cc1.C=CCSc1nc(SCC=C)nc(SCC=C)n1. The van der Waals surface area contributed by atoms with E-state index in [-0.39, 0.29) is 12.8 Å². The predicted octanol–water partition coefficient (Wildman–Crippen LogP) is 11.1. The van der Waals surface area contributed by atoms with Gasteiger partial charge in [-0.15, -0.1) is 19.7 Å². The molecule has 0 saturated heterocycles. The maximum atomic E-state index is 5.67. The molecule has 0 saturated carbocycles. The van der Waals surface area contributed by atoms with Gasteiger partial charge in [0.25, 0.3) is 0 Å². The number of benzene rings is 3. The Bertz CT molecular complexity index is 1470. The molecule has 1 aromatic heterocycles. The van der Waals surface area contributed by atoms with E-state index in [0.717, 1.165) is 66.7 Å². The Morgan fingerprint density at radius 1 is 0.471 bits per heavy atom. The van der Waals surface area contributed by atoms with E-state index in [2.05, 4.69) is 97.7 Å². The number of thioether (sulfide) groups is 3. The standard InChI is InChI=1S/C29H30O3.C12H15N3S3.CH4/c1-5-20-30-26-14-8-23(9-15-26)29(4,24-10-16-27(17-11-24)31-21-6-2)25-12-18-28(19-13-25)32-22-7-3;1-4-7-16-10-13-11(17-8-5-2)15-12(14-10)18-9-6-3;/h5-19H,1-3,20-22H2,4H3;4-6H,1-3,7-9H2;1H4. The zero-order chi connectivity index (χ0) is 36.0. The molecule has 0 spiro atoms. The van der Waals surface area contributed by atoms with Crippen molar-refractivity contribution in [3.8, 4) is 17.2 Å². The fourth-order valence-electron chi connectivity index (χ4n) is 4.53. The Balaban J connectivity index is 0.000000405. The number of aromatic nitrogens is 3. The highest BCUT2D eigenvalue weighted by Crippen LogP contribution is 2.40. The third kappa shape index (κ3) is 13.7. The average molecular weight is 740 g/mol. The summed E-state index contributed by atoms with van der Waals surface area (Å²) in [5.74, 6) is 4.83. The summed E-state index contributed by atoms with van der Waals surface area (Å²) in [6, 6.07) is 24.7. The van der Waals surface area contributed by atoms with Crippen LogP contribution in [0.3, 0.4) is 0 Å². The van der Waals surface area contributed by atoms with Gasteiger partial charge in [-0.1, -0.05) is 135 Å². The normalized spacial score (nSPS) is 10.3. The second kappa shape index (κ2) is 23.9. The molecule has 0 fully saturated rings. The fraction of sp³-hybridized carbons (Fsp3) is 0.214. The van der Waals surface area contributed by atoms with E-state index in [1.54, 1.807) is 53.5 Å². The molecule has 9 heteroatoms. The lowest BCUT2D eigenvalue weighted by atomic mass is 9.71. The van der Waals surface area contributed by atoms with Gasteiger partial charge in [-0.3, -0.25) is 0 Å². The Morgan fingerprint density at radius 2 is 0.725 bits per heavy atom. The van der Waals surface area contributed by atoms with Gasteiger partial charge in [-0.05, 0) is 60.0 Å². The highest BCUT2D eigenvalue weighted by Gasteiger charge is 2.31. The highest BCUT2D eigenvalue weighted by molar-refractivity contribution is 8.00. The summed E-state index contributed by atoms with van der Waals surface area (Å²) in [5, 5.41) is 2.22. The highest BCUT2D eigenvalue weighted by atomic mass is 32.2. The number of hydrogen-bond donors (Lipinski definition) is 0. The number of nitrogens with zero attached hydrogens (tertiary/aromatic N) is 3. The lowest BCUT2D eigenvalue weighted by molar-refractivity contribution is 0.362. The van der Waals surface area contributed by atoms with Crippen LogP contribution in [0.4, 0.5) is 0 Å². The predicted molar refractivity (Wildman–Crippen MR) is 221 cm³/mol. The molecule has 6 nitrogen and oxygen atoms in total. The minimum absolute atomic E-state index is 0. The second-order valence-corrected chi connectivity index (χ2v) is 13.4. The van der Waals surface area contributed by atoms with Gasteiger partial charge in [0, 0.05) is 22.7 Å². The monoisotopic (exact) mass is 739 g/mol. The van der Waals surface area contributed by atoms with Crippen molar-refractivity contribution in [1.29, 1.82) is 0 Å². The molecule has 0 aliphatic carbocycles. The van der Waals surface area contributed by atoms with Gasteiger partial charge in [-0.25, -0.2) is 0 Å². The molecule has 0 unspecified atom stereocenters. The van der Waals surface area contributed by atoms with Crippen molar-refractivity contribution in [2.24, 2.45) is 0 Å². The van der Waals surface area contributed by atoms with Gasteiger partial charge in [-0.2, -0.15) is 15.0 Å². The van der Waals surface area contributed by atoms with Gasteiger partial charge in [0.1, 0.15) is 37.1 Å². The Morgan fingerprint density at radius 3 is 0.941 bits per heavy atom. The summed E-state index contributed by atoms with van der Waals surface area (Å²) in [5.41, 5.74) is 3.08. The first-order chi connectivity index (χ1) is 24.4. The summed E-state index contributed by atoms with van der Waals surface area (Å²) in [4.78, 5) is 13.2. The van der Waals surface area contributed by atoms with E-state index in [0.29, 0.717) is 19.8 Å². The van der Waals surface area contributed by atoms with Crippen molar-refractivity contribution in [3.05, 3.63) is 165 Å². The molecule has 0 aliphatic heterocycles. The minimum atomic E-state index is -0.384. The van der Waals surface area contributed by atoms with E-state index < -0.39 is 0 Å². The van der Waals surface area contributed by atoms with Crippen LogP contribution in [0.1, 0.15) is 31.0 Å². The van der Waals surface area contributed by atoms with Crippen LogP contribution in [-0.2, 0) is 5.41 Å². The van der Waals surface area contributed by atoms with Gasteiger partial charge in [0.15, 0.2) is 15.5 Å². The minimum Gasteiger partial charge on any atom is -0.490 e. The van der Waals surface area contributed by atoms with Crippen LogP contribution in [0.5, 0.6) is 17.2 Å². The number of rotatable bonds is 21. The van der Waals surface area contributed by atoms with Crippen molar-refractivity contribution in [2.45, 2.75) is 35.2 Å². The Labute approximate surface area is 318 Å². The summed E-state index contributed by atoms with van der Waals surface area (Å²) in [6.07, 6.45) is 10.7. The van der Waals surface area contributed by atoms with Crippen LogP contribution >= 0.6 is 35.3 Å². The second-order valence-electron chi connectivity index (χ2n) is 10.5. The van der Waals surface area contributed by atoms with Crippen molar-refractivity contribution in [1.82, 2.24) is 15.0 Å². The average Bonchev–Trinajstić information content (AvgIpc) is 3.16. The topological polar surface area (TPSA) is 66.4 Å². The van der Waals surface area contributed by atoms with E-state index in [1.807, 2.05) is 54.6 Å². The third-order valence-corrected chi connectivity index (χ3v) is 9.49. The molecule has 268 valence electrons. The van der Waals surface area contributed by atoms with Crippen molar-refractivity contribution < 1.29 is 14.2 Å². The van der Waals surface area contributed by atoms with Gasteiger partial charge >= 0.3 is 0 Å². The van der Waals surface area contributed by atoms with Crippen LogP contribution in [0.15, 0.2) is 164 Å². The van der Waals surface area contributed by atoms with E-state index in [4.69, 9.17) is 14.2 Å². The van der Waals surface area contributed by atoms with E-state index >= 15 is 0 Å². The lowest BCUT2D eigenvalue weighted by Crippen LogP contribution is -2.25. The van der Waals surface area contributed by atoms with E-state index in [1.165, 1.54) is 0 Å². The van der Waals surface area contributed by atoms with Gasteiger partial charge < -0.3 is 14.2 Å². The van der Waals surface area contributed by atoms with Crippen LogP contribution < -0.4 is 14.2 Å². The van der Waals surface area contributed by atoms with Crippen molar-refractivity contribution in [2.75, 3.05) is 37.1 Å². The van der Waals surface area contributed by atoms with E-state index in [9.17, 15) is 0 Å². The molecule has 3 aromatic carbocycles. The first-order valence-electron chi connectivity index (χ1n) is 15.9.